The molecule has 0 aromatic rings. The molecular formula is C10H19BrO3. The minimum atomic E-state index is 0.0972. The minimum absolute atomic E-state index is 0.0972. The van der Waals surface area contributed by atoms with Gasteiger partial charge in [-0.15, -0.1) is 0 Å². The molecule has 0 saturated carbocycles. The van der Waals surface area contributed by atoms with Gasteiger partial charge in [-0.1, -0.05) is 29.8 Å². The van der Waals surface area contributed by atoms with Crippen LogP contribution in [-0.2, 0) is 9.47 Å². The Labute approximate surface area is 93.9 Å². The first-order chi connectivity index (χ1) is 6.54. The van der Waals surface area contributed by atoms with Gasteiger partial charge in [0.15, 0.2) is 0 Å². The van der Waals surface area contributed by atoms with E-state index < -0.39 is 0 Å². The lowest BCUT2D eigenvalue weighted by molar-refractivity contribution is -0.125. The van der Waals surface area contributed by atoms with Gasteiger partial charge in [0.2, 0.25) is 0 Å². The second kappa shape index (κ2) is 4.92. The first kappa shape index (κ1) is 12.4. The Balaban J connectivity index is 0.000000140. The molecule has 0 radical (unpaired) electrons. The minimum Gasteiger partial charge on any atom is -0.396 e. The van der Waals surface area contributed by atoms with Crippen molar-refractivity contribution in [2.45, 2.75) is 13.8 Å². The van der Waals surface area contributed by atoms with Crippen molar-refractivity contribution in [3.63, 3.8) is 0 Å². The average molecular weight is 267 g/mol. The number of rotatable bonds is 2. The second-order valence-electron chi connectivity index (χ2n) is 4.90. The van der Waals surface area contributed by atoms with Crippen LogP contribution in [0.4, 0.5) is 0 Å². The summed E-state index contributed by atoms with van der Waals surface area (Å²) >= 11 is 3.40. The van der Waals surface area contributed by atoms with Gasteiger partial charge in [0, 0.05) is 16.2 Å². The fraction of sp³-hybridized carbons (Fsp3) is 1.00. The van der Waals surface area contributed by atoms with Crippen LogP contribution in [0.2, 0.25) is 0 Å². The van der Waals surface area contributed by atoms with Gasteiger partial charge in [-0.3, -0.25) is 0 Å². The fourth-order valence-corrected chi connectivity index (χ4v) is 1.39. The van der Waals surface area contributed by atoms with Crippen LogP contribution in [0.3, 0.4) is 0 Å². The van der Waals surface area contributed by atoms with Crippen molar-refractivity contribution in [1.82, 2.24) is 0 Å². The van der Waals surface area contributed by atoms with Crippen LogP contribution in [0.15, 0.2) is 0 Å². The van der Waals surface area contributed by atoms with Crippen molar-refractivity contribution in [3.8, 4) is 0 Å². The van der Waals surface area contributed by atoms with E-state index in [2.05, 4.69) is 22.9 Å². The Morgan fingerprint density at radius 2 is 1.50 bits per heavy atom. The summed E-state index contributed by atoms with van der Waals surface area (Å²) in [5.41, 5.74) is 0.556. The lowest BCUT2D eigenvalue weighted by atomic mass is 9.90. The molecular weight excluding hydrogens is 248 g/mol. The van der Waals surface area contributed by atoms with E-state index in [-0.39, 0.29) is 12.0 Å². The molecule has 0 bridgehead atoms. The normalized spacial score (nSPS) is 26.6. The lowest BCUT2D eigenvalue weighted by Crippen LogP contribution is -2.42. The summed E-state index contributed by atoms with van der Waals surface area (Å²) in [7, 11) is 0. The Morgan fingerprint density at radius 1 is 1.07 bits per heavy atom. The number of alkyl halides is 1. The predicted molar refractivity (Wildman–Crippen MR) is 58.7 cm³/mol. The molecule has 0 amide bonds. The molecule has 84 valence electrons. The quantitative estimate of drug-likeness (QED) is 0.769. The molecule has 1 N–H and O–H groups in total. The molecule has 3 nitrogen and oxygen atoms in total. The summed E-state index contributed by atoms with van der Waals surface area (Å²) in [6.07, 6.45) is 0. The molecule has 0 atom stereocenters. The molecule has 0 unspecified atom stereocenters. The molecule has 0 spiro atoms. The van der Waals surface area contributed by atoms with Crippen molar-refractivity contribution in [1.29, 1.82) is 0 Å². The molecule has 2 rings (SSSR count). The number of hydrogen-bond donors (Lipinski definition) is 1. The first-order valence-electron chi connectivity index (χ1n) is 4.86. The molecule has 0 aromatic heterocycles. The first-order valence-corrected chi connectivity index (χ1v) is 5.98. The fourth-order valence-electron chi connectivity index (χ4n) is 1.07. The van der Waals surface area contributed by atoms with E-state index in [0.29, 0.717) is 5.41 Å². The van der Waals surface area contributed by atoms with Gasteiger partial charge in [-0.05, 0) is 0 Å². The van der Waals surface area contributed by atoms with Crippen LogP contribution in [0.25, 0.3) is 0 Å². The highest BCUT2D eigenvalue weighted by Crippen LogP contribution is 2.27. The van der Waals surface area contributed by atoms with Gasteiger partial charge in [0.1, 0.15) is 0 Å². The van der Waals surface area contributed by atoms with Crippen LogP contribution in [0, 0.1) is 10.8 Å². The van der Waals surface area contributed by atoms with Crippen LogP contribution in [-0.4, -0.2) is 43.5 Å². The molecule has 2 saturated heterocycles. The highest BCUT2D eigenvalue weighted by molar-refractivity contribution is 9.09. The summed E-state index contributed by atoms with van der Waals surface area (Å²) in [4.78, 5) is 0. The van der Waals surface area contributed by atoms with Crippen LogP contribution >= 0.6 is 15.9 Å². The second-order valence-corrected chi connectivity index (χ2v) is 5.46. The van der Waals surface area contributed by atoms with Crippen molar-refractivity contribution in [2.75, 3.05) is 38.4 Å². The lowest BCUT2D eigenvalue weighted by Gasteiger charge is -2.36. The van der Waals surface area contributed by atoms with E-state index in [0.717, 1.165) is 31.8 Å². The molecule has 4 heteroatoms. The average Bonchev–Trinajstić information content (AvgIpc) is 2.11. The van der Waals surface area contributed by atoms with Crippen LogP contribution in [0.5, 0.6) is 0 Å². The van der Waals surface area contributed by atoms with Gasteiger partial charge in [0.05, 0.1) is 33.0 Å². The molecule has 0 aromatic carbocycles. The zero-order valence-corrected chi connectivity index (χ0v) is 10.5. The Hall–Kier alpha value is 0.360. The Bertz CT molecular complexity index is 145. The summed E-state index contributed by atoms with van der Waals surface area (Å²) in [6.45, 7) is 7.79. The standard InChI is InChI=1S/C5H9BrO.C5H10O2/c2*1-5(2-6)3-7-4-5/h2-4H2,1H3;6H,2-4H2,1H3. The number of aliphatic hydroxyl groups excluding tert-OH is 1. The SMILES string of the molecule is CC1(CBr)COC1.CC1(CO)COC1. The molecule has 2 aliphatic rings. The number of halogens is 1. The maximum atomic E-state index is 8.57. The summed E-state index contributed by atoms with van der Waals surface area (Å²) < 4.78 is 9.87. The Morgan fingerprint density at radius 3 is 1.50 bits per heavy atom. The van der Waals surface area contributed by atoms with Gasteiger partial charge in [-0.25, -0.2) is 0 Å². The molecule has 14 heavy (non-hydrogen) atoms. The number of aliphatic hydroxyl groups is 1. The highest BCUT2D eigenvalue weighted by Gasteiger charge is 2.32. The maximum absolute atomic E-state index is 8.57. The van der Waals surface area contributed by atoms with Crippen molar-refractivity contribution < 1.29 is 14.6 Å². The van der Waals surface area contributed by atoms with Crippen LogP contribution < -0.4 is 0 Å². The zero-order valence-electron chi connectivity index (χ0n) is 8.88. The molecule has 0 aliphatic carbocycles. The summed E-state index contributed by atoms with van der Waals surface area (Å²) in [5.74, 6) is 0. The van der Waals surface area contributed by atoms with E-state index in [1.54, 1.807) is 0 Å². The third kappa shape index (κ3) is 3.19. The number of hydrogen-bond acceptors (Lipinski definition) is 3. The third-order valence-corrected chi connectivity index (χ3v) is 3.86. The Kier molecular flexibility index (Phi) is 4.37. The van der Waals surface area contributed by atoms with Crippen LogP contribution in [0.1, 0.15) is 13.8 Å². The van der Waals surface area contributed by atoms with Gasteiger partial charge < -0.3 is 14.6 Å². The van der Waals surface area contributed by atoms with Gasteiger partial charge in [-0.2, -0.15) is 0 Å². The van der Waals surface area contributed by atoms with Crippen molar-refractivity contribution in [3.05, 3.63) is 0 Å². The third-order valence-electron chi connectivity index (χ3n) is 2.51. The van der Waals surface area contributed by atoms with E-state index in [4.69, 9.17) is 14.6 Å². The summed E-state index contributed by atoms with van der Waals surface area (Å²) in [5, 5.41) is 9.63. The molecule has 2 aliphatic heterocycles. The monoisotopic (exact) mass is 266 g/mol. The van der Waals surface area contributed by atoms with Crippen molar-refractivity contribution >= 4 is 15.9 Å². The molecule has 2 fully saturated rings. The number of ether oxygens (including phenoxy) is 2. The van der Waals surface area contributed by atoms with Crippen molar-refractivity contribution in [2.24, 2.45) is 10.8 Å². The van der Waals surface area contributed by atoms with E-state index >= 15 is 0 Å². The summed E-state index contributed by atoms with van der Waals surface area (Å²) in [6, 6.07) is 0. The highest BCUT2D eigenvalue weighted by atomic mass is 79.9. The van der Waals surface area contributed by atoms with Gasteiger partial charge in [0.25, 0.3) is 0 Å². The van der Waals surface area contributed by atoms with Gasteiger partial charge >= 0.3 is 0 Å². The van der Waals surface area contributed by atoms with E-state index in [1.807, 2.05) is 6.92 Å². The largest absolute Gasteiger partial charge is 0.396 e. The van der Waals surface area contributed by atoms with E-state index in [9.17, 15) is 0 Å². The van der Waals surface area contributed by atoms with E-state index in [1.165, 1.54) is 0 Å². The zero-order chi connectivity index (χ0) is 10.7. The smallest absolute Gasteiger partial charge is 0.0564 e. The molecule has 2 heterocycles. The maximum Gasteiger partial charge on any atom is 0.0564 e. The predicted octanol–water partition coefficient (Wildman–Crippen LogP) is 1.43. The topological polar surface area (TPSA) is 38.7 Å².